The van der Waals surface area contributed by atoms with Crippen molar-refractivity contribution in [2.24, 2.45) is 0 Å². The van der Waals surface area contributed by atoms with Crippen LogP contribution in [-0.2, 0) is 25.6 Å². The maximum absolute atomic E-state index is 12.0. The Morgan fingerprint density at radius 3 is 2.62 bits per heavy atom. The molecule has 0 bridgehead atoms. The van der Waals surface area contributed by atoms with E-state index in [1.165, 1.54) is 7.11 Å². The molecule has 1 N–H and O–H groups in total. The number of methoxy groups -OCH3 is 1. The summed E-state index contributed by atoms with van der Waals surface area (Å²) < 4.78 is 9.67. The molecule has 0 aromatic heterocycles. The number of amides is 1. The van der Waals surface area contributed by atoms with Crippen LogP contribution in [0.2, 0.25) is 0 Å². The number of carbonyl (C=O) groups is 2. The number of benzene rings is 1. The molecule has 1 aromatic rings. The number of rotatable bonds is 10. The van der Waals surface area contributed by atoms with Gasteiger partial charge in [0.2, 0.25) is 5.91 Å². The van der Waals surface area contributed by atoms with Gasteiger partial charge >= 0.3 is 5.97 Å². The van der Waals surface area contributed by atoms with Gasteiger partial charge in [0.1, 0.15) is 6.61 Å². The molecule has 0 saturated carbocycles. The van der Waals surface area contributed by atoms with Gasteiger partial charge in [0.05, 0.1) is 25.5 Å². The smallest absolute Gasteiger partial charge is 0.306 e. The number of carbonyl (C=O) groups excluding carboxylic acids is 2. The fraction of sp³-hybridized carbons (Fsp3) is 0.444. The van der Waals surface area contributed by atoms with E-state index in [4.69, 9.17) is 27.0 Å². The average molecular weight is 377 g/mol. The molecule has 1 aromatic carbocycles. The van der Waals surface area contributed by atoms with Gasteiger partial charge < -0.3 is 19.7 Å². The van der Waals surface area contributed by atoms with Crippen molar-refractivity contribution in [2.75, 3.05) is 26.9 Å². The van der Waals surface area contributed by atoms with Gasteiger partial charge in [-0.1, -0.05) is 30.3 Å². The van der Waals surface area contributed by atoms with Crippen LogP contribution in [0.3, 0.4) is 0 Å². The third-order valence-electron chi connectivity index (χ3n) is 3.35. The molecule has 26 heavy (non-hydrogen) atoms. The van der Waals surface area contributed by atoms with E-state index in [9.17, 15) is 9.59 Å². The zero-order chi connectivity index (χ0) is 19.2. The summed E-state index contributed by atoms with van der Waals surface area (Å²) in [5.41, 5.74) is 1.02. The maximum atomic E-state index is 12.0. The predicted octanol–water partition coefficient (Wildman–Crippen LogP) is 1.77. The third-order valence-corrected chi connectivity index (χ3v) is 3.71. The SMILES string of the molecule is COCCOC(=O)CCC(=O)NC(=S)N(CCC#N)Cc1ccccc1. The van der Waals surface area contributed by atoms with Crippen molar-refractivity contribution in [2.45, 2.75) is 25.8 Å². The number of nitriles is 1. The molecule has 140 valence electrons. The first kappa shape index (κ1) is 21.5. The summed E-state index contributed by atoms with van der Waals surface area (Å²) in [5.74, 6) is -0.831. The number of nitrogens with zero attached hydrogens (tertiary/aromatic N) is 2. The number of esters is 1. The monoisotopic (exact) mass is 377 g/mol. The molecule has 0 aliphatic heterocycles. The third kappa shape index (κ3) is 9.11. The van der Waals surface area contributed by atoms with E-state index in [-0.39, 0.29) is 36.9 Å². The molecule has 1 rings (SSSR count). The van der Waals surface area contributed by atoms with E-state index in [2.05, 4.69) is 11.4 Å². The minimum atomic E-state index is -0.464. The maximum Gasteiger partial charge on any atom is 0.306 e. The average Bonchev–Trinajstić information content (AvgIpc) is 2.64. The topological polar surface area (TPSA) is 91.7 Å². The molecule has 0 aliphatic rings. The molecule has 0 atom stereocenters. The highest BCUT2D eigenvalue weighted by Gasteiger charge is 2.14. The summed E-state index contributed by atoms with van der Waals surface area (Å²) in [5, 5.41) is 11.7. The summed E-state index contributed by atoms with van der Waals surface area (Å²) in [6.07, 6.45) is 0.229. The van der Waals surface area contributed by atoms with Crippen LogP contribution in [-0.4, -0.2) is 48.8 Å². The minimum Gasteiger partial charge on any atom is -0.463 e. The zero-order valence-electron chi connectivity index (χ0n) is 14.8. The van der Waals surface area contributed by atoms with E-state index in [0.29, 0.717) is 19.7 Å². The Hall–Kier alpha value is -2.50. The van der Waals surface area contributed by atoms with Crippen molar-refractivity contribution in [1.29, 1.82) is 5.26 Å². The van der Waals surface area contributed by atoms with E-state index in [0.717, 1.165) is 5.56 Å². The van der Waals surface area contributed by atoms with E-state index >= 15 is 0 Å². The number of nitrogens with one attached hydrogen (secondary N) is 1. The molecule has 0 fully saturated rings. The number of ether oxygens (including phenoxy) is 2. The van der Waals surface area contributed by atoms with Crippen LogP contribution in [0.1, 0.15) is 24.8 Å². The lowest BCUT2D eigenvalue weighted by Gasteiger charge is -2.24. The fourth-order valence-corrected chi connectivity index (χ4v) is 2.30. The predicted molar refractivity (Wildman–Crippen MR) is 99.9 cm³/mol. The van der Waals surface area contributed by atoms with Gasteiger partial charge in [-0.25, -0.2) is 0 Å². The van der Waals surface area contributed by atoms with E-state index in [1.807, 2.05) is 30.3 Å². The Labute approximate surface area is 158 Å². The highest BCUT2D eigenvalue weighted by atomic mass is 32.1. The van der Waals surface area contributed by atoms with Crippen molar-refractivity contribution in [3.8, 4) is 6.07 Å². The largest absolute Gasteiger partial charge is 0.463 e. The Kier molecular flexibility index (Phi) is 10.6. The van der Waals surface area contributed by atoms with E-state index < -0.39 is 5.97 Å². The van der Waals surface area contributed by atoms with Crippen LogP contribution >= 0.6 is 12.2 Å². The number of hydrogen-bond donors (Lipinski definition) is 1. The molecule has 0 radical (unpaired) electrons. The van der Waals surface area contributed by atoms with Crippen LogP contribution in [0, 0.1) is 11.3 Å². The second kappa shape index (κ2) is 12.8. The van der Waals surface area contributed by atoms with Crippen molar-refractivity contribution < 1.29 is 19.1 Å². The molecule has 0 saturated heterocycles. The summed E-state index contributed by atoms with van der Waals surface area (Å²) in [6.45, 7) is 1.37. The first-order valence-corrected chi connectivity index (χ1v) is 8.61. The summed E-state index contributed by atoms with van der Waals surface area (Å²) in [6, 6.07) is 11.7. The quantitative estimate of drug-likeness (QED) is 0.377. The number of hydrogen-bond acceptors (Lipinski definition) is 6. The second-order valence-electron chi connectivity index (χ2n) is 5.38. The van der Waals surface area contributed by atoms with Gasteiger partial charge in [0.25, 0.3) is 0 Å². The molecular formula is C18H23N3O4S. The van der Waals surface area contributed by atoms with Gasteiger partial charge in [-0.05, 0) is 17.8 Å². The Balaban J connectivity index is 2.47. The standard InChI is InChI=1S/C18H23N3O4S/c1-24-12-13-25-17(23)9-8-16(22)20-18(26)21(11-5-10-19)14-15-6-3-2-4-7-15/h2-4,6-7H,5,8-9,11-14H2,1H3,(H,20,22,26). The molecule has 0 heterocycles. The summed E-state index contributed by atoms with van der Waals surface area (Å²) >= 11 is 5.28. The van der Waals surface area contributed by atoms with Crippen molar-refractivity contribution in [3.05, 3.63) is 35.9 Å². The van der Waals surface area contributed by atoms with Crippen molar-refractivity contribution in [1.82, 2.24) is 10.2 Å². The van der Waals surface area contributed by atoms with Crippen LogP contribution in [0.25, 0.3) is 0 Å². The summed E-state index contributed by atoms with van der Waals surface area (Å²) in [4.78, 5) is 25.2. The molecular weight excluding hydrogens is 354 g/mol. The minimum absolute atomic E-state index is 0.0244. The first-order chi connectivity index (χ1) is 12.6. The Morgan fingerprint density at radius 2 is 1.96 bits per heavy atom. The fourth-order valence-electron chi connectivity index (χ4n) is 2.03. The van der Waals surface area contributed by atoms with Gasteiger partial charge in [-0.2, -0.15) is 5.26 Å². The summed E-state index contributed by atoms with van der Waals surface area (Å²) in [7, 11) is 1.51. The molecule has 7 nitrogen and oxygen atoms in total. The normalized spacial score (nSPS) is 9.85. The van der Waals surface area contributed by atoms with Gasteiger partial charge in [0, 0.05) is 26.6 Å². The number of thiocarbonyl (C=S) groups is 1. The lowest BCUT2D eigenvalue weighted by atomic mass is 10.2. The van der Waals surface area contributed by atoms with Crippen LogP contribution < -0.4 is 5.32 Å². The highest BCUT2D eigenvalue weighted by Crippen LogP contribution is 2.06. The zero-order valence-corrected chi connectivity index (χ0v) is 15.6. The lowest BCUT2D eigenvalue weighted by molar-refractivity contribution is -0.146. The molecule has 1 amide bonds. The van der Waals surface area contributed by atoms with Crippen molar-refractivity contribution in [3.63, 3.8) is 0 Å². The molecule has 0 spiro atoms. The highest BCUT2D eigenvalue weighted by molar-refractivity contribution is 7.80. The van der Waals surface area contributed by atoms with Gasteiger partial charge in [0.15, 0.2) is 5.11 Å². The molecule has 8 heteroatoms. The molecule has 0 aliphatic carbocycles. The second-order valence-corrected chi connectivity index (χ2v) is 5.77. The first-order valence-electron chi connectivity index (χ1n) is 8.21. The van der Waals surface area contributed by atoms with Crippen LogP contribution in [0.4, 0.5) is 0 Å². The Morgan fingerprint density at radius 1 is 1.23 bits per heavy atom. The van der Waals surface area contributed by atoms with Gasteiger partial charge in [-0.15, -0.1) is 0 Å². The lowest BCUT2D eigenvalue weighted by Crippen LogP contribution is -2.42. The van der Waals surface area contributed by atoms with Gasteiger partial charge in [-0.3, -0.25) is 9.59 Å². The van der Waals surface area contributed by atoms with Crippen LogP contribution in [0.15, 0.2) is 30.3 Å². The van der Waals surface area contributed by atoms with Crippen molar-refractivity contribution >= 4 is 29.2 Å². The van der Waals surface area contributed by atoms with Crippen LogP contribution in [0.5, 0.6) is 0 Å². The van der Waals surface area contributed by atoms with E-state index in [1.54, 1.807) is 4.90 Å². The Bertz CT molecular complexity index is 631. The molecule has 0 unspecified atom stereocenters.